The van der Waals surface area contributed by atoms with Crippen molar-refractivity contribution in [2.45, 2.75) is 19.3 Å². The number of aliphatic carboxylic acids is 1. The number of anilines is 1. The second-order valence-electron chi connectivity index (χ2n) is 4.06. The summed E-state index contributed by atoms with van der Waals surface area (Å²) in [6, 6.07) is 0. The molecule has 4 nitrogen and oxygen atoms in total. The molecule has 0 unspecified atom stereocenters. The molecule has 0 amide bonds. The van der Waals surface area contributed by atoms with Crippen LogP contribution in [-0.2, 0) is 11.2 Å². The van der Waals surface area contributed by atoms with Crippen molar-refractivity contribution in [2.75, 3.05) is 11.9 Å². The SMILES string of the molecule is O=C(O)[C@H]1CCCNc2ncc(Br)c(Cl)c2C1. The lowest BCUT2D eigenvalue weighted by molar-refractivity contribution is -0.141. The number of aromatic nitrogens is 1. The first-order chi connectivity index (χ1) is 8.09. The molecule has 0 spiro atoms. The highest BCUT2D eigenvalue weighted by Crippen LogP contribution is 2.33. The summed E-state index contributed by atoms with van der Waals surface area (Å²) in [6.45, 7) is 0.724. The van der Waals surface area contributed by atoms with Gasteiger partial charge in [0.1, 0.15) is 5.82 Å². The Labute approximate surface area is 113 Å². The van der Waals surface area contributed by atoms with Gasteiger partial charge in [-0.15, -0.1) is 0 Å². The van der Waals surface area contributed by atoms with Crippen molar-refractivity contribution in [1.82, 2.24) is 4.98 Å². The zero-order chi connectivity index (χ0) is 12.4. The van der Waals surface area contributed by atoms with E-state index in [0.29, 0.717) is 28.2 Å². The standard InChI is InChI=1S/C11H12BrClN2O2/c12-8-5-15-10-7(9(8)13)4-6(11(16)17)2-1-3-14-10/h5-6H,1-4H2,(H,14,15)(H,16,17)/t6-/m0/s1. The summed E-state index contributed by atoms with van der Waals surface area (Å²) in [6.07, 6.45) is 3.53. The zero-order valence-corrected chi connectivity index (χ0v) is 11.4. The number of carboxylic acid groups (broad SMARTS) is 1. The Bertz CT molecular complexity index is 453. The fraction of sp³-hybridized carbons (Fsp3) is 0.455. The van der Waals surface area contributed by atoms with Crippen LogP contribution >= 0.6 is 27.5 Å². The number of fused-ring (bicyclic) bond motifs is 1. The van der Waals surface area contributed by atoms with Crippen molar-refractivity contribution in [2.24, 2.45) is 5.92 Å². The minimum Gasteiger partial charge on any atom is -0.481 e. The molecule has 1 aromatic heterocycles. The number of hydrogen-bond donors (Lipinski definition) is 2. The molecule has 0 radical (unpaired) electrons. The molecule has 92 valence electrons. The smallest absolute Gasteiger partial charge is 0.306 e. The van der Waals surface area contributed by atoms with Crippen molar-refractivity contribution >= 4 is 39.3 Å². The van der Waals surface area contributed by atoms with E-state index in [-0.39, 0.29) is 5.92 Å². The van der Waals surface area contributed by atoms with Crippen LogP contribution in [0.2, 0.25) is 5.02 Å². The molecule has 2 N–H and O–H groups in total. The van der Waals surface area contributed by atoms with Crippen LogP contribution in [0.3, 0.4) is 0 Å². The topological polar surface area (TPSA) is 62.2 Å². The third-order valence-electron chi connectivity index (χ3n) is 2.89. The van der Waals surface area contributed by atoms with Crippen LogP contribution in [0.5, 0.6) is 0 Å². The summed E-state index contributed by atoms with van der Waals surface area (Å²) >= 11 is 9.49. The van der Waals surface area contributed by atoms with Crippen molar-refractivity contribution in [3.05, 3.63) is 21.3 Å². The van der Waals surface area contributed by atoms with Gasteiger partial charge < -0.3 is 10.4 Å². The fourth-order valence-electron chi connectivity index (χ4n) is 1.96. The Balaban J connectivity index is 2.40. The highest BCUT2D eigenvalue weighted by atomic mass is 79.9. The Hall–Kier alpha value is -0.810. The molecule has 0 aromatic carbocycles. The van der Waals surface area contributed by atoms with E-state index in [1.807, 2.05) is 0 Å². The molecule has 2 heterocycles. The lowest BCUT2D eigenvalue weighted by Gasteiger charge is -2.20. The number of nitrogens with zero attached hydrogens (tertiary/aromatic N) is 1. The molecule has 1 aliphatic heterocycles. The molecular weight excluding hydrogens is 307 g/mol. The summed E-state index contributed by atoms with van der Waals surface area (Å²) in [7, 11) is 0. The summed E-state index contributed by atoms with van der Waals surface area (Å²) < 4.78 is 0.699. The molecule has 0 saturated carbocycles. The first-order valence-corrected chi connectivity index (χ1v) is 6.56. The van der Waals surface area contributed by atoms with Gasteiger partial charge in [-0.05, 0) is 35.2 Å². The normalized spacial score (nSPS) is 19.8. The Morgan fingerprint density at radius 2 is 2.41 bits per heavy atom. The average molecular weight is 320 g/mol. The van der Waals surface area contributed by atoms with Crippen molar-refractivity contribution in [1.29, 1.82) is 0 Å². The van der Waals surface area contributed by atoms with E-state index in [4.69, 9.17) is 16.7 Å². The van der Waals surface area contributed by atoms with Gasteiger partial charge >= 0.3 is 5.97 Å². The summed E-state index contributed by atoms with van der Waals surface area (Å²) in [5, 5.41) is 12.9. The number of hydrogen-bond acceptors (Lipinski definition) is 3. The summed E-state index contributed by atoms with van der Waals surface area (Å²) in [4.78, 5) is 15.4. The predicted octanol–water partition coefficient (Wildman–Crippen LogP) is 2.95. The number of halogens is 2. The molecule has 0 aliphatic carbocycles. The quantitative estimate of drug-likeness (QED) is 0.835. The fourth-order valence-corrected chi connectivity index (χ4v) is 2.51. The van der Waals surface area contributed by atoms with Gasteiger partial charge in [0, 0.05) is 18.3 Å². The minimum atomic E-state index is -0.770. The summed E-state index contributed by atoms with van der Waals surface area (Å²) in [5.74, 6) is -0.456. The van der Waals surface area contributed by atoms with E-state index >= 15 is 0 Å². The van der Waals surface area contributed by atoms with Crippen LogP contribution in [0, 0.1) is 5.92 Å². The third kappa shape index (κ3) is 2.72. The molecular formula is C11H12BrClN2O2. The highest BCUT2D eigenvalue weighted by molar-refractivity contribution is 9.10. The largest absolute Gasteiger partial charge is 0.481 e. The van der Waals surface area contributed by atoms with Gasteiger partial charge in [-0.3, -0.25) is 4.79 Å². The predicted molar refractivity (Wildman–Crippen MR) is 69.5 cm³/mol. The second kappa shape index (κ2) is 5.23. The highest BCUT2D eigenvalue weighted by Gasteiger charge is 2.24. The average Bonchev–Trinajstić information content (AvgIpc) is 2.25. The monoisotopic (exact) mass is 318 g/mol. The Morgan fingerprint density at radius 3 is 3.12 bits per heavy atom. The molecule has 6 heteroatoms. The van der Waals surface area contributed by atoms with Crippen LogP contribution < -0.4 is 5.32 Å². The van der Waals surface area contributed by atoms with Crippen LogP contribution in [0.1, 0.15) is 18.4 Å². The van der Waals surface area contributed by atoms with E-state index in [2.05, 4.69) is 26.2 Å². The van der Waals surface area contributed by atoms with E-state index in [1.165, 1.54) is 0 Å². The van der Waals surface area contributed by atoms with Crippen molar-refractivity contribution in [3.8, 4) is 0 Å². The molecule has 17 heavy (non-hydrogen) atoms. The summed E-state index contributed by atoms with van der Waals surface area (Å²) in [5.41, 5.74) is 0.785. The van der Waals surface area contributed by atoms with Gasteiger partial charge in [0.05, 0.1) is 15.4 Å². The maximum absolute atomic E-state index is 11.1. The van der Waals surface area contributed by atoms with Gasteiger partial charge in [0.25, 0.3) is 0 Å². The van der Waals surface area contributed by atoms with Gasteiger partial charge in [-0.2, -0.15) is 0 Å². The van der Waals surface area contributed by atoms with E-state index in [0.717, 1.165) is 18.5 Å². The maximum Gasteiger partial charge on any atom is 0.306 e. The van der Waals surface area contributed by atoms with Gasteiger partial charge in [0.15, 0.2) is 0 Å². The minimum absolute atomic E-state index is 0.385. The van der Waals surface area contributed by atoms with Crippen LogP contribution in [0.25, 0.3) is 0 Å². The number of carboxylic acids is 1. The first-order valence-electron chi connectivity index (χ1n) is 5.39. The molecule has 1 atom stereocenters. The van der Waals surface area contributed by atoms with Crippen LogP contribution in [-0.4, -0.2) is 22.6 Å². The van der Waals surface area contributed by atoms with Gasteiger partial charge in [0.2, 0.25) is 0 Å². The van der Waals surface area contributed by atoms with Gasteiger partial charge in [-0.1, -0.05) is 11.6 Å². The third-order valence-corrected chi connectivity index (χ3v) is 4.15. The van der Waals surface area contributed by atoms with E-state index in [9.17, 15) is 4.79 Å². The van der Waals surface area contributed by atoms with Crippen LogP contribution in [0.15, 0.2) is 10.7 Å². The lowest BCUT2D eigenvalue weighted by atomic mass is 9.93. The van der Waals surface area contributed by atoms with E-state index < -0.39 is 5.97 Å². The molecule has 1 aromatic rings. The second-order valence-corrected chi connectivity index (χ2v) is 5.29. The molecule has 0 saturated heterocycles. The molecule has 1 aliphatic rings. The van der Waals surface area contributed by atoms with E-state index in [1.54, 1.807) is 6.20 Å². The number of nitrogens with one attached hydrogen (secondary N) is 1. The number of pyridine rings is 1. The number of rotatable bonds is 1. The molecule has 0 fully saturated rings. The maximum atomic E-state index is 11.1. The lowest BCUT2D eigenvalue weighted by Crippen LogP contribution is -2.22. The van der Waals surface area contributed by atoms with Crippen molar-refractivity contribution < 1.29 is 9.90 Å². The Morgan fingerprint density at radius 1 is 1.65 bits per heavy atom. The Kier molecular flexibility index (Phi) is 3.89. The van der Waals surface area contributed by atoms with Crippen LogP contribution in [0.4, 0.5) is 5.82 Å². The first kappa shape index (κ1) is 12.6. The molecule has 0 bridgehead atoms. The molecule has 2 rings (SSSR count). The van der Waals surface area contributed by atoms with Crippen molar-refractivity contribution in [3.63, 3.8) is 0 Å². The van der Waals surface area contributed by atoms with Gasteiger partial charge in [-0.25, -0.2) is 4.98 Å². The number of carbonyl (C=O) groups is 1. The zero-order valence-electron chi connectivity index (χ0n) is 9.04.